The van der Waals surface area contributed by atoms with E-state index >= 15 is 0 Å². The lowest BCUT2D eigenvalue weighted by molar-refractivity contribution is 0.579. The maximum atomic E-state index is 3.26. The van der Waals surface area contributed by atoms with E-state index in [1.807, 2.05) is 0 Å². The molecule has 0 aliphatic carbocycles. The molecule has 1 aromatic rings. The van der Waals surface area contributed by atoms with E-state index in [9.17, 15) is 0 Å². The molecular formula is C16H24S. The molecule has 1 heteroatoms. The lowest BCUT2D eigenvalue weighted by atomic mass is 10.1. The van der Waals surface area contributed by atoms with Gasteiger partial charge in [0.05, 0.1) is 0 Å². The Hall–Kier alpha value is -0.740. The van der Waals surface area contributed by atoms with Crippen molar-refractivity contribution in [2.75, 3.05) is 0 Å². The summed E-state index contributed by atoms with van der Waals surface area (Å²) in [5.41, 5.74) is 1.18. The second-order valence-electron chi connectivity index (χ2n) is 4.54. The second-order valence-corrected chi connectivity index (χ2v) is 5.32. The molecule has 0 saturated carbocycles. The van der Waals surface area contributed by atoms with E-state index < -0.39 is 0 Å². The number of hydrogen-bond acceptors (Lipinski definition) is 1. The van der Waals surface area contributed by atoms with Gasteiger partial charge in [-0.15, -0.1) is 0 Å². The summed E-state index contributed by atoms with van der Waals surface area (Å²) in [5, 5.41) is 4.20. The largest absolute Gasteiger partial charge is 0.151 e. The first-order valence-electron chi connectivity index (χ1n) is 6.94. The van der Waals surface area contributed by atoms with E-state index in [0.29, 0.717) is 0 Å². The zero-order valence-electron chi connectivity index (χ0n) is 11.0. The molecule has 0 saturated heterocycles. The van der Waals surface area contributed by atoms with Gasteiger partial charge in [-0.05, 0) is 17.9 Å². The third kappa shape index (κ3) is 8.05. The van der Waals surface area contributed by atoms with Crippen LogP contribution in [0.3, 0.4) is 0 Å². The molecule has 0 amide bonds. The quantitative estimate of drug-likeness (QED) is 0.413. The Balaban J connectivity index is 1.88. The monoisotopic (exact) mass is 248 g/mol. The summed E-state index contributed by atoms with van der Waals surface area (Å²) in [7, 11) is 0. The second kappa shape index (κ2) is 10.4. The highest BCUT2D eigenvalue weighted by molar-refractivity contribution is 7.08. The Labute approximate surface area is 110 Å². The molecule has 0 spiro atoms. The van der Waals surface area contributed by atoms with Crippen LogP contribution in [0.25, 0.3) is 0 Å². The Kier molecular flexibility index (Phi) is 8.78. The summed E-state index contributed by atoms with van der Waals surface area (Å²) >= 11 is 1.72. The fraction of sp³-hybridized carbons (Fsp3) is 0.625. The van der Waals surface area contributed by atoms with Crippen LogP contribution in [0.1, 0.15) is 70.3 Å². The molecule has 0 N–H and O–H groups in total. The van der Waals surface area contributed by atoms with Gasteiger partial charge in [0, 0.05) is 17.4 Å². The molecule has 17 heavy (non-hydrogen) atoms. The van der Waals surface area contributed by atoms with Crippen molar-refractivity contribution >= 4 is 11.3 Å². The van der Waals surface area contributed by atoms with Gasteiger partial charge in [-0.1, -0.05) is 63.7 Å². The third-order valence-electron chi connectivity index (χ3n) is 2.91. The minimum Gasteiger partial charge on any atom is -0.151 e. The van der Waals surface area contributed by atoms with Crippen LogP contribution in [0, 0.1) is 11.8 Å². The molecule has 0 bridgehead atoms. The van der Waals surface area contributed by atoms with E-state index in [1.54, 1.807) is 11.3 Å². The van der Waals surface area contributed by atoms with E-state index in [2.05, 4.69) is 35.6 Å². The fourth-order valence-corrected chi connectivity index (χ4v) is 2.44. The number of thiophene rings is 1. The summed E-state index contributed by atoms with van der Waals surface area (Å²) in [6.45, 7) is 2.27. The first-order chi connectivity index (χ1) is 8.43. The van der Waals surface area contributed by atoms with Crippen molar-refractivity contribution in [3.05, 3.63) is 22.4 Å². The van der Waals surface area contributed by atoms with Gasteiger partial charge in [0.15, 0.2) is 0 Å². The predicted molar refractivity (Wildman–Crippen MR) is 78.4 cm³/mol. The number of hydrogen-bond donors (Lipinski definition) is 0. The predicted octanol–water partition coefficient (Wildman–Crippen LogP) is 5.63. The van der Waals surface area contributed by atoms with Gasteiger partial charge in [-0.2, -0.15) is 11.3 Å². The lowest BCUT2D eigenvalue weighted by Crippen LogP contribution is -1.80. The lowest BCUT2D eigenvalue weighted by Gasteiger charge is -1.99. The van der Waals surface area contributed by atoms with Crippen molar-refractivity contribution in [1.82, 2.24) is 0 Å². The van der Waals surface area contributed by atoms with Gasteiger partial charge in [-0.25, -0.2) is 0 Å². The Bertz CT molecular complexity index is 313. The Morgan fingerprint density at radius 3 is 2.35 bits per heavy atom. The molecule has 1 heterocycles. The van der Waals surface area contributed by atoms with Crippen molar-refractivity contribution < 1.29 is 0 Å². The summed E-state index contributed by atoms with van der Waals surface area (Å²) in [4.78, 5) is 0. The minimum absolute atomic E-state index is 1.06. The molecule has 0 fully saturated rings. The van der Waals surface area contributed by atoms with Crippen LogP contribution in [0.15, 0.2) is 16.8 Å². The van der Waals surface area contributed by atoms with E-state index in [0.717, 1.165) is 6.42 Å². The first-order valence-corrected chi connectivity index (χ1v) is 7.89. The van der Waals surface area contributed by atoms with Crippen LogP contribution in [0.5, 0.6) is 0 Å². The molecule has 1 rings (SSSR count). The molecule has 0 radical (unpaired) electrons. The van der Waals surface area contributed by atoms with Gasteiger partial charge >= 0.3 is 0 Å². The highest BCUT2D eigenvalue weighted by Gasteiger charge is 1.90. The van der Waals surface area contributed by atoms with Crippen molar-refractivity contribution in [3.8, 4) is 11.8 Å². The average Bonchev–Trinajstić information content (AvgIpc) is 2.85. The average molecular weight is 248 g/mol. The SMILES string of the molecule is CCCCCCCCCCC#Cc1ccsc1. The zero-order chi connectivity index (χ0) is 12.2. The summed E-state index contributed by atoms with van der Waals surface area (Å²) in [5.74, 6) is 6.46. The zero-order valence-corrected chi connectivity index (χ0v) is 11.8. The summed E-state index contributed by atoms with van der Waals surface area (Å²) in [6, 6.07) is 2.09. The van der Waals surface area contributed by atoms with Crippen LogP contribution in [-0.4, -0.2) is 0 Å². The van der Waals surface area contributed by atoms with Crippen LogP contribution >= 0.6 is 11.3 Å². The van der Waals surface area contributed by atoms with E-state index in [4.69, 9.17) is 0 Å². The highest BCUT2D eigenvalue weighted by Crippen LogP contribution is 2.09. The minimum atomic E-state index is 1.06. The first kappa shape index (κ1) is 14.3. The standard InChI is InChI=1S/C16H24S/c1-2-3-4-5-6-7-8-9-10-11-12-16-13-14-17-15-16/h13-15H,2-10H2,1H3. The summed E-state index contributed by atoms with van der Waals surface area (Å²) < 4.78 is 0. The van der Waals surface area contributed by atoms with Crippen LogP contribution in [0.2, 0.25) is 0 Å². The van der Waals surface area contributed by atoms with Gasteiger partial charge in [0.1, 0.15) is 0 Å². The van der Waals surface area contributed by atoms with Crippen molar-refractivity contribution in [2.45, 2.75) is 64.7 Å². The van der Waals surface area contributed by atoms with Crippen LogP contribution in [-0.2, 0) is 0 Å². The van der Waals surface area contributed by atoms with Gasteiger partial charge in [0.2, 0.25) is 0 Å². The van der Waals surface area contributed by atoms with Crippen molar-refractivity contribution in [2.24, 2.45) is 0 Å². The van der Waals surface area contributed by atoms with E-state index in [-0.39, 0.29) is 0 Å². The number of rotatable bonds is 8. The molecule has 0 atom stereocenters. The van der Waals surface area contributed by atoms with Gasteiger partial charge in [-0.3, -0.25) is 0 Å². The van der Waals surface area contributed by atoms with Gasteiger partial charge in [0.25, 0.3) is 0 Å². The van der Waals surface area contributed by atoms with Crippen molar-refractivity contribution in [1.29, 1.82) is 0 Å². The maximum absolute atomic E-state index is 3.26. The van der Waals surface area contributed by atoms with Gasteiger partial charge < -0.3 is 0 Å². The van der Waals surface area contributed by atoms with Crippen molar-refractivity contribution in [3.63, 3.8) is 0 Å². The Morgan fingerprint density at radius 1 is 1.00 bits per heavy atom. The topological polar surface area (TPSA) is 0 Å². The third-order valence-corrected chi connectivity index (χ3v) is 3.59. The molecule has 0 aliphatic rings. The molecule has 0 unspecified atom stereocenters. The smallest absolute Gasteiger partial charge is 0.0352 e. The fourth-order valence-electron chi connectivity index (χ4n) is 1.85. The van der Waals surface area contributed by atoms with E-state index in [1.165, 1.54) is 56.9 Å². The maximum Gasteiger partial charge on any atom is 0.0352 e. The molecule has 1 aromatic heterocycles. The summed E-state index contributed by atoms with van der Waals surface area (Å²) in [6.07, 6.45) is 12.1. The van der Waals surface area contributed by atoms with Crippen LogP contribution < -0.4 is 0 Å². The highest BCUT2D eigenvalue weighted by atomic mass is 32.1. The number of unbranched alkanes of at least 4 members (excludes halogenated alkanes) is 8. The molecule has 94 valence electrons. The molecule has 0 nitrogen and oxygen atoms in total. The molecule has 0 aliphatic heterocycles. The van der Waals surface area contributed by atoms with Crippen LogP contribution in [0.4, 0.5) is 0 Å². The molecule has 0 aromatic carbocycles. The molecular weight excluding hydrogens is 224 g/mol. The Morgan fingerprint density at radius 2 is 1.71 bits per heavy atom. The normalized spacial score (nSPS) is 9.94.